The fraction of sp³-hybridized carbons (Fsp3) is 0.417. The third-order valence-corrected chi connectivity index (χ3v) is 2.34. The maximum Gasteiger partial charge on any atom is 0.189 e. The van der Waals surface area contributed by atoms with Crippen LogP contribution >= 0.6 is 0 Å². The van der Waals surface area contributed by atoms with Gasteiger partial charge in [-0.05, 0) is 12.0 Å². The standard InChI is InChI=1S/C12H19N3O/c1-2-11(9-16)15-12(13)14-8-10-6-4-3-5-7-10/h3-7,11,16H,2,8-9H2,1H3,(H3,13,14,15). The molecule has 1 unspecified atom stereocenters. The minimum atomic E-state index is -0.0143. The Labute approximate surface area is 96.2 Å². The van der Waals surface area contributed by atoms with E-state index in [0.717, 1.165) is 12.0 Å². The molecule has 0 aromatic heterocycles. The van der Waals surface area contributed by atoms with Gasteiger partial charge in [0, 0.05) is 0 Å². The average Bonchev–Trinajstić information content (AvgIpc) is 2.34. The second-order valence-electron chi connectivity index (χ2n) is 3.62. The Balaban J connectivity index is 2.45. The van der Waals surface area contributed by atoms with Gasteiger partial charge in [-0.2, -0.15) is 0 Å². The van der Waals surface area contributed by atoms with Gasteiger partial charge in [-0.15, -0.1) is 0 Å². The van der Waals surface area contributed by atoms with Crippen LogP contribution in [0.1, 0.15) is 18.9 Å². The SMILES string of the molecule is CCC(CO)NC(N)=NCc1ccccc1. The van der Waals surface area contributed by atoms with Gasteiger partial charge in [0.15, 0.2) is 5.96 Å². The molecule has 0 aliphatic rings. The van der Waals surface area contributed by atoms with Gasteiger partial charge in [0.2, 0.25) is 0 Å². The summed E-state index contributed by atoms with van der Waals surface area (Å²) in [4.78, 5) is 4.20. The molecule has 0 aliphatic heterocycles. The average molecular weight is 221 g/mol. The molecular weight excluding hydrogens is 202 g/mol. The molecule has 0 saturated carbocycles. The number of aliphatic hydroxyl groups is 1. The molecule has 4 heteroatoms. The lowest BCUT2D eigenvalue weighted by molar-refractivity contribution is 0.252. The number of nitrogens with two attached hydrogens (primary N) is 1. The first kappa shape index (κ1) is 12.5. The highest BCUT2D eigenvalue weighted by Crippen LogP contribution is 1.99. The topological polar surface area (TPSA) is 70.6 Å². The molecule has 0 aliphatic carbocycles. The number of hydrogen-bond donors (Lipinski definition) is 3. The summed E-state index contributed by atoms with van der Waals surface area (Å²) in [5.41, 5.74) is 6.82. The lowest BCUT2D eigenvalue weighted by Crippen LogP contribution is -2.41. The van der Waals surface area contributed by atoms with E-state index in [2.05, 4.69) is 10.3 Å². The van der Waals surface area contributed by atoms with Gasteiger partial charge in [-0.25, -0.2) is 4.99 Å². The summed E-state index contributed by atoms with van der Waals surface area (Å²) in [5.74, 6) is 0.379. The lowest BCUT2D eigenvalue weighted by Gasteiger charge is -2.14. The van der Waals surface area contributed by atoms with Crippen LogP contribution in [0.2, 0.25) is 0 Å². The number of nitrogens with zero attached hydrogens (tertiary/aromatic N) is 1. The Morgan fingerprint density at radius 2 is 2.12 bits per heavy atom. The van der Waals surface area contributed by atoms with E-state index in [1.54, 1.807) is 0 Å². The second kappa shape index (κ2) is 6.85. The van der Waals surface area contributed by atoms with Crippen LogP contribution in [-0.2, 0) is 6.54 Å². The molecule has 4 N–H and O–H groups in total. The number of nitrogens with one attached hydrogen (secondary N) is 1. The van der Waals surface area contributed by atoms with Crippen LogP contribution in [0.25, 0.3) is 0 Å². The maximum absolute atomic E-state index is 8.99. The molecule has 0 bridgehead atoms. The Morgan fingerprint density at radius 3 is 2.69 bits per heavy atom. The van der Waals surface area contributed by atoms with Crippen molar-refractivity contribution in [1.29, 1.82) is 0 Å². The van der Waals surface area contributed by atoms with Crippen molar-refractivity contribution in [2.24, 2.45) is 10.7 Å². The molecule has 0 radical (unpaired) electrons. The second-order valence-corrected chi connectivity index (χ2v) is 3.62. The number of hydrogen-bond acceptors (Lipinski definition) is 2. The summed E-state index contributed by atoms with van der Waals surface area (Å²) in [7, 11) is 0. The molecule has 0 heterocycles. The molecule has 16 heavy (non-hydrogen) atoms. The fourth-order valence-electron chi connectivity index (χ4n) is 1.29. The molecule has 0 fully saturated rings. The fourth-order valence-corrected chi connectivity index (χ4v) is 1.29. The monoisotopic (exact) mass is 221 g/mol. The minimum Gasteiger partial charge on any atom is -0.394 e. The van der Waals surface area contributed by atoms with Gasteiger partial charge in [-0.1, -0.05) is 37.3 Å². The molecular formula is C12H19N3O. The Kier molecular flexibility index (Phi) is 5.36. The normalized spacial score (nSPS) is 13.5. The van der Waals surface area contributed by atoms with Crippen molar-refractivity contribution in [3.05, 3.63) is 35.9 Å². The summed E-state index contributed by atoms with van der Waals surface area (Å²) in [6.07, 6.45) is 0.818. The van der Waals surface area contributed by atoms with Crippen molar-refractivity contribution in [2.45, 2.75) is 25.9 Å². The van der Waals surface area contributed by atoms with Crippen molar-refractivity contribution < 1.29 is 5.11 Å². The zero-order valence-electron chi connectivity index (χ0n) is 9.56. The van der Waals surface area contributed by atoms with Crippen LogP contribution in [0.15, 0.2) is 35.3 Å². The van der Waals surface area contributed by atoms with Crippen LogP contribution in [-0.4, -0.2) is 23.7 Å². The first-order valence-corrected chi connectivity index (χ1v) is 5.47. The van der Waals surface area contributed by atoms with Gasteiger partial charge in [-0.3, -0.25) is 0 Å². The van der Waals surface area contributed by atoms with Crippen molar-refractivity contribution in [3.63, 3.8) is 0 Å². The van der Waals surface area contributed by atoms with Gasteiger partial charge in [0.05, 0.1) is 19.2 Å². The zero-order valence-corrected chi connectivity index (χ0v) is 9.56. The quantitative estimate of drug-likeness (QED) is 0.510. The Hall–Kier alpha value is -1.55. The first-order chi connectivity index (χ1) is 7.76. The van der Waals surface area contributed by atoms with E-state index >= 15 is 0 Å². The van der Waals surface area contributed by atoms with Gasteiger partial charge >= 0.3 is 0 Å². The number of aliphatic hydroxyl groups excluding tert-OH is 1. The van der Waals surface area contributed by atoms with Crippen LogP contribution in [0.3, 0.4) is 0 Å². The summed E-state index contributed by atoms with van der Waals surface area (Å²) in [6, 6.07) is 9.89. The molecule has 0 saturated heterocycles. The Morgan fingerprint density at radius 1 is 1.44 bits per heavy atom. The lowest BCUT2D eigenvalue weighted by atomic mass is 10.2. The molecule has 88 valence electrons. The minimum absolute atomic E-state index is 0.0143. The third kappa shape index (κ3) is 4.31. The number of guanidine groups is 1. The molecule has 4 nitrogen and oxygen atoms in total. The van der Waals surface area contributed by atoms with Crippen LogP contribution in [0.4, 0.5) is 0 Å². The third-order valence-electron chi connectivity index (χ3n) is 2.34. The van der Waals surface area contributed by atoms with Gasteiger partial charge in [0.1, 0.15) is 0 Å². The van der Waals surface area contributed by atoms with Crippen molar-refractivity contribution in [3.8, 4) is 0 Å². The summed E-state index contributed by atoms with van der Waals surface area (Å²) < 4.78 is 0. The van der Waals surface area contributed by atoms with Crippen LogP contribution < -0.4 is 11.1 Å². The highest BCUT2D eigenvalue weighted by Gasteiger charge is 2.03. The van der Waals surface area contributed by atoms with Crippen molar-refractivity contribution in [1.82, 2.24) is 5.32 Å². The summed E-state index contributed by atoms with van der Waals surface area (Å²) >= 11 is 0. The van der Waals surface area contributed by atoms with E-state index in [9.17, 15) is 0 Å². The summed E-state index contributed by atoms with van der Waals surface area (Å²) in [6.45, 7) is 2.61. The van der Waals surface area contributed by atoms with E-state index in [-0.39, 0.29) is 12.6 Å². The summed E-state index contributed by atoms with van der Waals surface area (Å²) in [5, 5.41) is 12.0. The number of benzene rings is 1. The van der Waals surface area contributed by atoms with Crippen molar-refractivity contribution >= 4 is 5.96 Å². The van der Waals surface area contributed by atoms with E-state index in [0.29, 0.717) is 12.5 Å². The number of aliphatic imine (C=N–C) groups is 1. The molecule has 0 spiro atoms. The van der Waals surface area contributed by atoms with Crippen LogP contribution in [0.5, 0.6) is 0 Å². The zero-order chi connectivity index (χ0) is 11.8. The molecule has 1 aromatic carbocycles. The molecule has 0 amide bonds. The smallest absolute Gasteiger partial charge is 0.189 e. The van der Waals surface area contributed by atoms with Crippen molar-refractivity contribution in [2.75, 3.05) is 6.61 Å². The number of rotatable bonds is 5. The maximum atomic E-state index is 8.99. The highest BCUT2D eigenvalue weighted by atomic mass is 16.3. The van der Waals surface area contributed by atoms with E-state index < -0.39 is 0 Å². The van der Waals surface area contributed by atoms with Crippen LogP contribution in [0, 0.1) is 0 Å². The largest absolute Gasteiger partial charge is 0.394 e. The van der Waals surface area contributed by atoms with E-state index in [1.165, 1.54) is 0 Å². The van der Waals surface area contributed by atoms with Gasteiger partial charge < -0.3 is 16.2 Å². The predicted molar refractivity (Wildman–Crippen MR) is 66.1 cm³/mol. The molecule has 1 aromatic rings. The van der Waals surface area contributed by atoms with E-state index in [1.807, 2.05) is 37.3 Å². The van der Waals surface area contributed by atoms with E-state index in [4.69, 9.17) is 10.8 Å². The Bertz CT molecular complexity index is 320. The van der Waals surface area contributed by atoms with Gasteiger partial charge in [0.25, 0.3) is 0 Å². The molecule has 1 atom stereocenters. The highest BCUT2D eigenvalue weighted by molar-refractivity contribution is 5.78. The molecule has 1 rings (SSSR count). The first-order valence-electron chi connectivity index (χ1n) is 5.47. The predicted octanol–water partition coefficient (Wildman–Crippen LogP) is 0.862.